The molecule has 0 spiro atoms. The number of hydrogen-bond acceptors (Lipinski definition) is 5. The van der Waals surface area contributed by atoms with E-state index >= 15 is 0 Å². The minimum Gasteiger partial charge on any atom is -0.478 e. The van der Waals surface area contributed by atoms with Gasteiger partial charge in [0.15, 0.2) is 0 Å². The number of nitrogens with zero attached hydrogens (tertiary/aromatic N) is 1. The Balaban J connectivity index is 1.65. The second-order valence-electron chi connectivity index (χ2n) is 5.96. The standard InChI is InChI=1S/C16H19N3O4S/c1-8-10(16(22)23)7-19-14(21)12(15(19)24-8)18-13(20)11(17)9-5-3-2-4-6-9/h2-3,6-8,11-12,15H,4-5,17H2,1H3,(H,18,20)(H,22,23)/t8?,11?,12?,15-/m1/s1. The molecule has 1 fully saturated rings. The highest BCUT2D eigenvalue weighted by Crippen LogP contribution is 2.40. The van der Waals surface area contributed by atoms with Crippen LogP contribution in [0.4, 0.5) is 0 Å². The van der Waals surface area contributed by atoms with Crippen molar-refractivity contribution in [1.82, 2.24) is 10.2 Å². The molecule has 2 aliphatic heterocycles. The first-order valence-electron chi connectivity index (χ1n) is 7.72. The molecule has 0 aromatic heterocycles. The molecule has 3 unspecified atom stereocenters. The van der Waals surface area contributed by atoms with Crippen LogP contribution >= 0.6 is 11.8 Å². The third-order valence-corrected chi connectivity index (χ3v) is 5.84. The van der Waals surface area contributed by atoms with Gasteiger partial charge in [-0.05, 0) is 25.3 Å². The number of hydrogen-bond donors (Lipinski definition) is 3. The number of thioether (sulfide) groups is 1. The van der Waals surface area contributed by atoms with Crippen molar-refractivity contribution < 1.29 is 19.5 Å². The van der Waals surface area contributed by atoms with Gasteiger partial charge in [-0.15, -0.1) is 11.8 Å². The molecule has 3 rings (SSSR count). The predicted octanol–water partition coefficient (Wildman–Crippen LogP) is 0.347. The van der Waals surface area contributed by atoms with E-state index in [1.165, 1.54) is 22.9 Å². The molecular formula is C16H19N3O4S. The van der Waals surface area contributed by atoms with Crippen molar-refractivity contribution in [2.24, 2.45) is 5.73 Å². The summed E-state index contributed by atoms with van der Waals surface area (Å²) in [6, 6.07) is -1.43. The number of carboxylic acid groups (broad SMARTS) is 1. The van der Waals surface area contributed by atoms with Crippen molar-refractivity contribution in [3.63, 3.8) is 0 Å². The maximum atomic E-state index is 12.3. The Bertz CT molecular complexity index is 685. The largest absolute Gasteiger partial charge is 0.478 e. The van der Waals surface area contributed by atoms with Crippen molar-refractivity contribution in [3.8, 4) is 0 Å². The number of amides is 2. The first-order chi connectivity index (χ1) is 11.4. The molecule has 8 heteroatoms. The van der Waals surface area contributed by atoms with E-state index in [0.717, 1.165) is 12.0 Å². The SMILES string of the molecule is CC1S[C@@H]2C(NC(=O)C(N)C3=CCC=CC3)C(=O)N2C=C1C(=O)O. The Morgan fingerprint density at radius 1 is 1.46 bits per heavy atom. The third kappa shape index (κ3) is 2.87. The van der Waals surface area contributed by atoms with Gasteiger partial charge in [-0.1, -0.05) is 18.2 Å². The van der Waals surface area contributed by atoms with E-state index in [-0.39, 0.29) is 28.0 Å². The van der Waals surface area contributed by atoms with Crippen LogP contribution < -0.4 is 11.1 Å². The summed E-state index contributed by atoms with van der Waals surface area (Å²) < 4.78 is 0. The van der Waals surface area contributed by atoms with Crippen LogP contribution in [-0.2, 0) is 14.4 Å². The number of carboxylic acids is 1. The van der Waals surface area contributed by atoms with Gasteiger partial charge < -0.3 is 21.1 Å². The fourth-order valence-electron chi connectivity index (χ4n) is 2.95. The lowest BCUT2D eigenvalue weighted by molar-refractivity contribution is -0.145. The number of allylic oxidation sites excluding steroid dienone is 3. The Kier molecular flexibility index (Phi) is 4.51. The lowest BCUT2D eigenvalue weighted by Gasteiger charge is -2.48. The summed E-state index contributed by atoms with van der Waals surface area (Å²) in [4.78, 5) is 37.1. The van der Waals surface area contributed by atoms with Crippen LogP contribution in [0.25, 0.3) is 0 Å². The van der Waals surface area contributed by atoms with Gasteiger partial charge in [-0.2, -0.15) is 0 Å². The first-order valence-corrected chi connectivity index (χ1v) is 8.67. The molecule has 0 aromatic carbocycles. The summed E-state index contributed by atoms with van der Waals surface area (Å²) in [6.45, 7) is 1.77. The van der Waals surface area contributed by atoms with E-state index in [1.54, 1.807) is 6.92 Å². The van der Waals surface area contributed by atoms with Crippen LogP contribution in [0.3, 0.4) is 0 Å². The number of carbonyl (C=O) groups excluding carboxylic acids is 2. The summed E-state index contributed by atoms with van der Waals surface area (Å²) in [5.41, 5.74) is 7.02. The average Bonchev–Trinajstić information content (AvgIpc) is 2.58. The van der Waals surface area contributed by atoms with E-state index < -0.39 is 18.1 Å². The van der Waals surface area contributed by atoms with Gasteiger partial charge in [0.05, 0.1) is 5.57 Å². The van der Waals surface area contributed by atoms with Gasteiger partial charge in [-0.25, -0.2) is 4.79 Å². The van der Waals surface area contributed by atoms with Crippen molar-refractivity contribution in [1.29, 1.82) is 0 Å². The molecule has 2 heterocycles. The van der Waals surface area contributed by atoms with E-state index in [2.05, 4.69) is 5.32 Å². The van der Waals surface area contributed by atoms with Crippen LogP contribution in [0.5, 0.6) is 0 Å². The Morgan fingerprint density at radius 3 is 2.83 bits per heavy atom. The predicted molar refractivity (Wildman–Crippen MR) is 89.8 cm³/mol. The maximum Gasteiger partial charge on any atom is 0.334 e. The zero-order valence-electron chi connectivity index (χ0n) is 13.1. The van der Waals surface area contributed by atoms with Crippen molar-refractivity contribution in [2.45, 2.75) is 42.5 Å². The molecule has 1 aliphatic carbocycles. The molecule has 0 radical (unpaired) electrons. The molecular weight excluding hydrogens is 330 g/mol. The minimum absolute atomic E-state index is 0.185. The second-order valence-corrected chi connectivity index (χ2v) is 7.42. The number of carbonyl (C=O) groups is 3. The summed E-state index contributed by atoms with van der Waals surface area (Å²) >= 11 is 1.35. The van der Waals surface area contributed by atoms with Gasteiger partial charge in [0.1, 0.15) is 17.5 Å². The summed E-state index contributed by atoms with van der Waals surface area (Å²) in [7, 11) is 0. The van der Waals surface area contributed by atoms with Crippen LogP contribution in [0.15, 0.2) is 35.6 Å². The van der Waals surface area contributed by atoms with Crippen LogP contribution in [0.2, 0.25) is 0 Å². The molecule has 1 saturated heterocycles. The normalized spacial score (nSPS) is 29.8. The number of β-lactam (4-membered cyclic amide) rings is 1. The highest BCUT2D eigenvalue weighted by molar-refractivity contribution is 8.00. The Hall–Kier alpha value is -2.06. The van der Waals surface area contributed by atoms with Gasteiger partial charge in [0.25, 0.3) is 5.91 Å². The smallest absolute Gasteiger partial charge is 0.334 e. The van der Waals surface area contributed by atoms with Crippen LogP contribution in [-0.4, -0.2) is 50.5 Å². The Labute approximate surface area is 143 Å². The van der Waals surface area contributed by atoms with Crippen molar-refractivity contribution in [2.75, 3.05) is 0 Å². The van der Waals surface area contributed by atoms with E-state index in [0.29, 0.717) is 6.42 Å². The number of rotatable bonds is 4. The lowest BCUT2D eigenvalue weighted by atomic mass is 9.97. The van der Waals surface area contributed by atoms with E-state index in [1.807, 2.05) is 18.2 Å². The topological polar surface area (TPSA) is 113 Å². The van der Waals surface area contributed by atoms with Gasteiger partial charge in [-0.3, -0.25) is 9.59 Å². The summed E-state index contributed by atoms with van der Waals surface area (Å²) in [5.74, 6) is -1.72. The second kappa shape index (κ2) is 6.45. The fourth-order valence-corrected chi connectivity index (χ4v) is 4.31. The molecule has 128 valence electrons. The summed E-state index contributed by atoms with van der Waals surface area (Å²) in [6.07, 6.45) is 8.67. The molecule has 0 aromatic rings. The zero-order valence-corrected chi connectivity index (χ0v) is 14.0. The van der Waals surface area contributed by atoms with Crippen LogP contribution in [0, 0.1) is 0 Å². The first kappa shape index (κ1) is 16.8. The van der Waals surface area contributed by atoms with Gasteiger partial charge in [0, 0.05) is 11.4 Å². The molecule has 4 atom stereocenters. The molecule has 24 heavy (non-hydrogen) atoms. The molecule has 0 saturated carbocycles. The number of nitrogens with two attached hydrogens (primary N) is 1. The van der Waals surface area contributed by atoms with Gasteiger partial charge in [0.2, 0.25) is 5.91 Å². The number of nitrogens with one attached hydrogen (secondary N) is 1. The quantitative estimate of drug-likeness (QED) is 0.498. The molecule has 3 aliphatic rings. The van der Waals surface area contributed by atoms with Gasteiger partial charge >= 0.3 is 5.97 Å². The number of aliphatic carboxylic acids is 1. The molecule has 7 nitrogen and oxygen atoms in total. The van der Waals surface area contributed by atoms with Crippen molar-refractivity contribution in [3.05, 3.63) is 35.6 Å². The Morgan fingerprint density at radius 2 is 2.21 bits per heavy atom. The third-order valence-electron chi connectivity index (χ3n) is 4.40. The van der Waals surface area contributed by atoms with E-state index in [9.17, 15) is 14.4 Å². The lowest BCUT2D eigenvalue weighted by Crippen LogP contribution is -2.70. The average molecular weight is 349 g/mol. The fraction of sp³-hybridized carbons (Fsp3) is 0.438. The van der Waals surface area contributed by atoms with E-state index in [4.69, 9.17) is 10.8 Å². The minimum atomic E-state index is -1.03. The highest BCUT2D eigenvalue weighted by Gasteiger charge is 2.51. The zero-order chi connectivity index (χ0) is 17.4. The highest BCUT2D eigenvalue weighted by atomic mass is 32.2. The molecule has 4 N–H and O–H groups in total. The molecule has 0 bridgehead atoms. The number of fused-ring (bicyclic) bond motifs is 1. The van der Waals surface area contributed by atoms with Crippen molar-refractivity contribution >= 4 is 29.5 Å². The maximum absolute atomic E-state index is 12.3. The van der Waals surface area contributed by atoms with Crippen LogP contribution in [0.1, 0.15) is 19.8 Å². The molecule has 2 amide bonds. The monoisotopic (exact) mass is 349 g/mol. The summed E-state index contributed by atoms with van der Waals surface area (Å²) in [5, 5.41) is 11.3.